The first-order valence-corrected chi connectivity index (χ1v) is 22.1. The quantitative estimate of drug-likeness (QED) is 0.0239. The maximum absolute atomic E-state index is 12.5. The van der Waals surface area contributed by atoms with Gasteiger partial charge in [0.15, 0.2) is 0 Å². The molecule has 0 fully saturated rings. The number of esters is 1. The van der Waals surface area contributed by atoms with Gasteiger partial charge in [-0.3, -0.25) is 18.6 Å². The zero-order valence-corrected chi connectivity index (χ0v) is 35.5. The third-order valence-electron chi connectivity index (χ3n) is 7.75. The zero-order valence-electron chi connectivity index (χ0n) is 34.6. The Bertz CT molecular complexity index is 1360. The fraction of sp³-hybridized carbons (Fsp3) is 0.522. The molecular formula is C46H72NO9P. The standard InChI is InChI=1S/C46H72NO9P/c1-3-5-7-9-11-13-15-17-18-19-20-21-22-23-24-25-27-29-31-33-35-37-39-53-40-43(41-54-57(51,52)55-42-44(47)46(49)50)56-45(48)38-36-34-32-30-28-26-16-14-12-10-8-6-4-2/h5-8,11-14,17-18,20-21,23-24,26-29,32,34,43-44H,3-4,9-10,15-16,19,22,25,30-31,33,35-42,47H2,1-2H3,(H,49,50)(H,51,52)/b7-5-,8-6-,13-11-,14-12-,18-17-,21-20-,24-23-,28-26-,29-27-,34-32-. The molecule has 3 atom stereocenters. The summed E-state index contributed by atoms with van der Waals surface area (Å²) in [6.45, 7) is 3.43. The number of phosphoric acid groups is 1. The van der Waals surface area contributed by atoms with Gasteiger partial charge in [0.2, 0.25) is 0 Å². The van der Waals surface area contributed by atoms with Crippen LogP contribution >= 0.6 is 7.82 Å². The van der Waals surface area contributed by atoms with E-state index in [2.05, 4.69) is 128 Å². The van der Waals surface area contributed by atoms with Crippen LogP contribution in [-0.4, -0.2) is 60.5 Å². The lowest BCUT2D eigenvalue weighted by Crippen LogP contribution is -2.34. The summed E-state index contributed by atoms with van der Waals surface area (Å²) >= 11 is 0. The fourth-order valence-electron chi connectivity index (χ4n) is 4.62. The normalized spacial score (nSPS) is 15.2. The molecule has 0 amide bonds. The van der Waals surface area contributed by atoms with Crippen LogP contribution < -0.4 is 5.73 Å². The van der Waals surface area contributed by atoms with E-state index in [1.54, 1.807) is 0 Å². The Morgan fingerprint density at radius 2 is 0.965 bits per heavy atom. The van der Waals surface area contributed by atoms with Crippen LogP contribution in [0.4, 0.5) is 0 Å². The number of phosphoric ester groups is 1. The number of carbonyl (C=O) groups is 2. The number of carboxylic acid groups (broad SMARTS) is 1. The molecule has 11 heteroatoms. The van der Waals surface area contributed by atoms with Crippen molar-refractivity contribution in [3.8, 4) is 0 Å². The van der Waals surface area contributed by atoms with Crippen molar-refractivity contribution in [2.75, 3.05) is 26.4 Å². The minimum absolute atomic E-state index is 0.0441. The first kappa shape index (κ1) is 53.4. The van der Waals surface area contributed by atoms with E-state index >= 15 is 0 Å². The van der Waals surface area contributed by atoms with Crippen molar-refractivity contribution >= 4 is 19.8 Å². The second kappa shape index (κ2) is 40.6. The molecule has 0 rings (SSSR count). The first-order valence-electron chi connectivity index (χ1n) is 20.6. The highest BCUT2D eigenvalue weighted by atomic mass is 31.2. The van der Waals surface area contributed by atoms with E-state index in [1.807, 2.05) is 12.2 Å². The fourth-order valence-corrected chi connectivity index (χ4v) is 5.40. The summed E-state index contributed by atoms with van der Waals surface area (Å²) in [5.74, 6) is -1.89. The van der Waals surface area contributed by atoms with E-state index in [0.717, 1.165) is 89.9 Å². The Kier molecular flexibility index (Phi) is 38.0. The molecule has 0 aliphatic heterocycles. The van der Waals surface area contributed by atoms with Gasteiger partial charge >= 0.3 is 19.8 Å². The predicted molar refractivity (Wildman–Crippen MR) is 235 cm³/mol. The molecule has 57 heavy (non-hydrogen) atoms. The minimum Gasteiger partial charge on any atom is -0.480 e. The van der Waals surface area contributed by atoms with Crippen molar-refractivity contribution in [3.05, 3.63) is 122 Å². The van der Waals surface area contributed by atoms with Crippen LogP contribution in [0.15, 0.2) is 122 Å². The number of aliphatic carboxylic acids is 1. The van der Waals surface area contributed by atoms with Crippen LogP contribution in [-0.2, 0) is 32.7 Å². The Labute approximate surface area is 344 Å². The summed E-state index contributed by atoms with van der Waals surface area (Å²) in [6, 6.07) is -1.50. The van der Waals surface area contributed by atoms with Crippen molar-refractivity contribution in [2.24, 2.45) is 5.73 Å². The van der Waals surface area contributed by atoms with Crippen LogP contribution in [0.3, 0.4) is 0 Å². The van der Waals surface area contributed by atoms with Crippen LogP contribution in [0.25, 0.3) is 0 Å². The zero-order chi connectivity index (χ0) is 41.9. The molecule has 0 heterocycles. The molecule has 320 valence electrons. The maximum atomic E-state index is 12.5. The second-order valence-corrected chi connectivity index (χ2v) is 14.4. The number of hydrogen-bond donors (Lipinski definition) is 3. The van der Waals surface area contributed by atoms with E-state index < -0.39 is 45.1 Å². The number of nitrogens with two attached hydrogens (primary N) is 1. The molecule has 4 N–H and O–H groups in total. The van der Waals surface area contributed by atoms with Crippen molar-refractivity contribution < 1.29 is 42.7 Å². The van der Waals surface area contributed by atoms with E-state index in [4.69, 9.17) is 24.8 Å². The van der Waals surface area contributed by atoms with Crippen LogP contribution in [0, 0.1) is 0 Å². The molecular weight excluding hydrogens is 741 g/mol. The van der Waals surface area contributed by atoms with Gasteiger partial charge in [-0.1, -0.05) is 142 Å². The molecule has 0 saturated heterocycles. The molecule has 0 aliphatic carbocycles. The molecule has 0 aromatic rings. The minimum atomic E-state index is -4.65. The second-order valence-electron chi connectivity index (χ2n) is 13.0. The molecule has 0 aromatic carbocycles. The highest BCUT2D eigenvalue weighted by Gasteiger charge is 2.27. The van der Waals surface area contributed by atoms with E-state index in [9.17, 15) is 19.0 Å². The predicted octanol–water partition coefficient (Wildman–Crippen LogP) is 11.3. The van der Waals surface area contributed by atoms with Gasteiger partial charge in [0.25, 0.3) is 0 Å². The summed E-state index contributed by atoms with van der Waals surface area (Å²) < 4.78 is 33.1. The number of ether oxygens (including phenoxy) is 2. The number of allylic oxidation sites excluding steroid dienone is 20. The Hall–Kier alpha value is -3.63. The average Bonchev–Trinajstić information content (AvgIpc) is 3.19. The van der Waals surface area contributed by atoms with Gasteiger partial charge in [0, 0.05) is 13.0 Å². The number of carboxylic acids is 1. The molecule has 0 spiro atoms. The average molecular weight is 814 g/mol. The SMILES string of the molecule is CC/C=C\C/C=C\C/C=C\C/C=C\C/C=C\C/C=C\CCCCCOCC(COP(=O)(O)OCC(N)C(=O)O)OC(=O)CC/C=C\C/C=C\C/C=C\C/C=C\CC. The Morgan fingerprint density at radius 1 is 0.561 bits per heavy atom. The molecule has 0 radical (unpaired) electrons. The molecule has 0 saturated carbocycles. The highest BCUT2D eigenvalue weighted by molar-refractivity contribution is 7.47. The highest BCUT2D eigenvalue weighted by Crippen LogP contribution is 2.43. The van der Waals surface area contributed by atoms with Crippen molar-refractivity contribution in [1.29, 1.82) is 0 Å². The van der Waals surface area contributed by atoms with Gasteiger partial charge in [0.1, 0.15) is 12.1 Å². The largest absolute Gasteiger partial charge is 0.480 e. The third-order valence-corrected chi connectivity index (χ3v) is 8.70. The van der Waals surface area contributed by atoms with E-state index in [1.165, 1.54) is 0 Å². The summed E-state index contributed by atoms with van der Waals surface area (Å²) in [5, 5.41) is 8.88. The van der Waals surface area contributed by atoms with Gasteiger partial charge in [-0.2, -0.15) is 0 Å². The van der Waals surface area contributed by atoms with Crippen molar-refractivity contribution in [3.63, 3.8) is 0 Å². The number of unbranched alkanes of at least 4 members (excludes halogenated alkanes) is 3. The van der Waals surface area contributed by atoms with Crippen LogP contribution in [0.2, 0.25) is 0 Å². The van der Waals surface area contributed by atoms with Crippen molar-refractivity contribution in [2.45, 2.75) is 129 Å². The summed E-state index contributed by atoms with van der Waals surface area (Å²) in [4.78, 5) is 33.4. The lowest BCUT2D eigenvalue weighted by atomic mass is 10.2. The maximum Gasteiger partial charge on any atom is 0.472 e. The summed E-state index contributed by atoms with van der Waals surface area (Å²) in [6.07, 6.45) is 55.7. The number of hydrogen-bond acceptors (Lipinski definition) is 8. The molecule has 3 unspecified atom stereocenters. The lowest BCUT2D eigenvalue weighted by molar-refractivity contribution is -0.154. The summed E-state index contributed by atoms with van der Waals surface area (Å²) in [7, 11) is -4.65. The van der Waals surface area contributed by atoms with Gasteiger partial charge in [-0.25, -0.2) is 4.57 Å². The van der Waals surface area contributed by atoms with E-state index in [-0.39, 0.29) is 13.0 Å². The third kappa shape index (κ3) is 40.4. The Balaban J connectivity index is 4.43. The number of carbonyl (C=O) groups excluding carboxylic acids is 1. The summed E-state index contributed by atoms with van der Waals surface area (Å²) in [5.41, 5.74) is 5.34. The van der Waals surface area contributed by atoms with Gasteiger partial charge < -0.3 is 25.2 Å². The monoisotopic (exact) mass is 813 g/mol. The number of rotatable bonds is 37. The molecule has 0 aliphatic rings. The topological polar surface area (TPSA) is 155 Å². The van der Waals surface area contributed by atoms with Gasteiger partial charge in [-0.15, -0.1) is 0 Å². The van der Waals surface area contributed by atoms with Gasteiger partial charge in [-0.05, 0) is 89.9 Å². The van der Waals surface area contributed by atoms with Crippen molar-refractivity contribution in [1.82, 2.24) is 0 Å². The van der Waals surface area contributed by atoms with Crippen LogP contribution in [0.5, 0.6) is 0 Å². The first-order chi connectivity index (χ1) is 27.7. The van der Waals surface area contributed by atoms with E-state index in [0.29, 0.717) is 13.0 Å². The molecule has 0 bridgehead atoms. The van der Waals surface area contributed by atoms with Gasteiger partial charge in [0.05, 0.1) is 19.8 Å². The molecule has 0 aromatic heterocycles. The lowest BCUT2D eigenvalue weighted by Gasteiger charge is -2.20. The smallest absolute Gasteiger partial charge is 0.472 e. The van der Waals surface area contributed by atoms with Crippen LogP contribution in [0.1, 0.15) is 117 Å². The Morgan fingerprint density at radius 3 is 1.40 bits per heavy atom. The molecule has 10 nitrogen and oxygen atoms in total.